The van der Waals surface area contributed by atoms with Crippen molar-refractivity contribution in [1.29, 1.82) is 0 Å². The predicted molar refractivity (Wildman–Crippen MR) is 96.5 cm³/mol. The summed E-state index contributed by atoms with van der Waals surface area (Å²) in [6.45, 7) is 2.28. The average molecular weight is 403 g/mol. The Kier molecular flexibility index (Phi) is 5.64. The molecule has 1 amide bonds. The number of anilines is 1. The molecule has 0 bridgehead atoms. The summed E-state index contributed by atoms with van der Waals surface area (Å²) < 4.78 is 28.8. The summed E-state index contributed by atoms with van der Waals surface area (Å²) in [5.41, 5.74) is 0. The standard InChI is InChI=1S/C14H18N4O4S3/c1-9(12(19)16-10-4-6-25(20,21)8-10)23-14-18-17-13(24-14)15-7-11-3-2-5-22-11/h2-3,5,9-10H,4,6-8H2,1H3,(H,15,17)(H,16,19)/t9-,10+/m0/s1. The molecule has 0 saturated carbocycles. The van der Waals surface area contributed by atoms with Crippen molar-refractivity contribution in [2.45, 2.75) is 35.5 Å². The number of amides is 1. The van der Waals surface area contributed by atoms with Crippen LogP contribution in [-0.2, 0) is 21.2 Å². The van der Waals surface area contributed by atoms with Crippen molar-refractivity contribution in [3.05, 3.63) is 24.2 Å². The van der Waals surface area contributed by atoms with Gasteiger partial charge < -0.3 is 15.1 Å². The van der Waals surface area contributed by atoms with Gasteiger partial charge >= 0.3 is 0 Å². The van der Waals surface area contributed by atoms with Crippen molar-refractivity contribution < 1.29 is 17.6 Å². The summed E-state index contributed by atoms with van der Waals surface area (Å²) in [7, 11) is -3.01. The van der Waals surface area contributed by atoms with Crippen LogP contribution in [0.25, 0.3) is 0 Å². The molecule has 0 spiro atoms. The van der Waals surface area contributed by atoms with Gasteiger partial charge in [0.05, 0.1) is 29.6 Å². The number of furan rings is 1. The molecule has 1 fully saturated rings. The van der Waals surface area contributed by atoms with Crippen molar-refractivity contribution >= 4 is 44.0 Å². The topological polar surface area (TPSA) is 114 Å². The van der Waals surface area contributed by atoms with Crippen LogP contribution in [0.5, 0.6) is 0 Å². The number of carbonyl (C=O) groups excluding carboxylic acids is 1. The Morgan fingerprint density at radius 2 is 2.36 bits per heavy atom. The van der Waals surface area contributed by atoms with Gasteiger partial charge in [0.2, 0.25) is 11.0 Å². The van der Waals surface area contributed by atoms with Gasteiger partial charge in [-0.3, -0.25) is 4.79 Å². The lowest BCUT2D eigenvalue weighted by atomic mass is 10.2. The maximum atomic E-state index is 12.2. The zero-order valence-electron chi connectivity index (χ0n) is 13.5. The number of hydrogen-bond donors (Lipinski definition) is 2. The monoisotopic (exact) mass is 402 g/mol. The lowest BCUT2D eigenvalue weighted by Gasteiger charge is -2.14. The second-order valence-electron chi connectivity index (χ2n) is 5.67. The lowest BCUT2D eigenvalue weighted by molar-refractivity contribution is -0.120. The third-order valence-corrected chi connectivity index (χ3v) is 7.46. The second-order valence-corrected chi connectivity index (χ2v) is 10.5. The van der Waals surface area contributed by atoms with Crippen molar-refractivity contribution in [2.75, 3.05) is 16.8 Å². The summed E-state index contributed by atoms with van der Waals surface area (Å²) in [4.78, 5) is 12.2. The highest BCUT2D eigenvalue weighted by Crippen LogP contribution is 2.29. The van der Waals surface area contributed by atoms with Gasteiger partial charge in [0.1, 0.15) is 5.76 Å². The minimum Gasteiger partial charge on any atom is -0.467 e. The average Bonchev–Trinajstić information content (AvgIpc) is 3.27. The normalized spacial score (nSPS) is 20.3. The number of nitrogens with one attached hydrogen (secondary N) is 2. The molecule has 0 aliphatic carbocycles. The maximum absolute atomic E-state index is 12.2. The smallest absolute Gasteiger partial charge is 0.233 e. The fourth-order valence-electron chi connectivity index (χ4n) is 2.34. The fourth-order valence-corrected chi connectivity index (χ4v) is 5.91. The fraction of sp³-hybridized carbons (Fsp3) is 0.500. The van der Waals surface area contributed by atoms with Gasteiger partial charge in [-0.2, -0.15) is 0 Å². The van der Waals surface area contributed by atoms with Crippen LogP contribution < -0.4 is 10.6 Å². The number of nitrogens with zero attached hydrogens (tertiary/aromatic N) is 2. The maximum Gasteiger partial charge on any atom is 0.233 e. The summed E-state index contributed by atoms with van der Waals surface area (Å²) in [5, 5.41) is 14.3. The molecule has 2 aromatic rings. The molecule has 3 heterocycles. The molecule has 11 heteroatoms. The highest BCUT2D eigenvalue weighted by atomic mass is 32.2. The molecule has 0 aromatic carbocycles. The molecule has 3 rings (SSSR count). The van der Waals surface area contributed by atoms with E-state index in [0.29, 0.717) is 22.4 Å². The van der Waals surface area contributed by atoms with Crippen LogP contribution in [0.1, 0.15) is 19.1 Å². The number of thioether (sulfide) groups is 1. The van der Waals surface area contributed by atoms with E-state index in [1.165, 1.54) is 23.1 Å². The van der Waals surface area contributed by atoms with Crippen LogP contribution in [0.3, 0.4) is 0 Å². The zero-order chi connectivity index (χ0) is 17.9. The predicted octanol–water partition coefficient (Wildman–Crippen LogP) is 1.53. The van der Waals surface area contributed by atoms with Crippen LogP contribution in [0.2, 0.25) is 0 Å². The van der Waals surface area contributed by atoms with Gasteiger partial charge in [0.25, 0.3) is 0 Å². The highest BCUT2D eigenvalue weighted by Gasteiger charge is 2.30. The Bertz CT molecular complexity index is 819. The molecule has 1 aliphatic rings. The van der Waals surface area contributed by atoms with Gasteiger partial charge in [-0.25, -0.2) is 8.42 Å². The molecule has 136 valence electrons. The minimum atomic E-state index is -3.01. The van der Waals surface area contributed by atoms with Crippen LogP contribution in [0, 0.1) is 0 Å². The van der Waals surface area contributed by atoms with E-state index in [1.54, 1.807) is 13.2 Å². The number of carbonyl (C=O) groups is 1. The minimum absolute atomic E-state index is 0.0236. The van der Waals surface area contributed by atoms with Crippen molar-refractivity contribution in [3.63, 3.8) is 0 Å². The van der Waals surface area contributed by atoms with Crippen molar-refractivity contribution in [1.82, 2.24) is 15.5 Å². The first-order valence-electron chi connectivity index (χ1n) is 7.68. The van der Waals surface area contributed by atoms with Gasteiger partial charge in [-0.05, 0) is 25.5 Å². The Hall–Kier alpha value is -1.59. The Morgan fingerprint density at radius 1 is 1.52 bits per heavy atom. The van der Waals surface area contributed by atoms with E-state index in [4.69, 9.17) is 4.42 Å². The second kappa shape index (κ2) is 7.75. The largest absolute Gasteiger partial charge is 0.467 e. The number of hydrogen-bond acceptors (Lipinski definition) is 9. The van der Waals surface area contributed by atoms with Crippen LogP contribution in [-0.4, -0.2) is 47.3 Å². The molecule has 25 heavy (non-hydrogen) atoms. The molecule has 0 unspecified atom stereocenters. The van der Waals surface area contributed by atoms with Crippen molar-refractivity contribution in [2.24, 2.45) is 0 Å². The summed E-state index contributed by atoms with van der Waals surface area (Å²) in [5.74, 6) is 0.771. The highest BCUT2D eigenvalue weighted by molar-refractivity contribution is 8.02. The lowest BCUT2D eigenvalue weighted by Crippen LogP contribution is -2.39. The summed E-state index contributed by atoms with van der Waals surface area (Å²) in [6, 6.07) is 3.38. The molecule has 0 radical (unpaired) electrons. The molecule has 1 saturated heterocycles. The first-order valence-corrected chi connectivity index (χ1v) is 11.2. The number of sulfone groups is 1. The molecule has 1 aliphatic heterocycles. The van der Waals surface area contributed by atoms with E-state index in [-0.39, 0.29) is 28.7 Å². The quantitative estimate of drug-likeness (QED) is 0.670. The van der Waals surface area contributed by atoms with Gasteiger partial charge in [0, 0.05) is 6.04 Å². The third-order valence-electron chi connectivity index (χ3n) is 3.63. The number of aromatic nitrogens is 2. The molecule has 2 N–H and O–H groups in total. The van der Waals surface area contributed by atoms with Gasteiger partial charge in [-0.1, -0.05) is 23.1 Å². The van der Waals surface area contributed by atoms with E-state index in [1.807, 2.05) is 12.1 Å². The first-order chi connectivity index (χ1) is 11.9. The molecular weight excluding hydrogens is 384 g/mol. The van der Waals surface area contributed by atoms with Crippen LogP contribution in [0.15, 0.2) is 27.2 Å². The molecule has 2 atom stereocenters. The Balaban J connectivity index is 1.47. The third kappa shape index (κ3) is 5.19. The first kappa shape index (κ1) is 18.2. The van der Waals surface area contributed by atoms with E-state index < -0.39 is 9.84 Å². The molecule has 8 nitrogen and oxygen atoms in total. The van der Waals surface area contributed by atoms with Crippen molar-refractivity contribution in [3.8, 4) is 0 Å². The van der Waals surface area contributed by atoms with E-state index >= 15 is 0 Å². The van der Waals surface area contributed by atoms with Gasteiger partial charge in [0.15, 0.2) is 14.2 Å². The van der Waals surface area contributed by atoms with E-state index in [9.17, 15) is 13.2 Å². The Morgan fingerprint density at radius 3 is 3.04 bits per heavy atom. The summed E-state index contributed by atoms with van der Waals surface area (Å²) >= 11 is 2.65. The SMILES string of the molecule is C[C@H](Sc1nnc(NCc2ccco2)s1)C(=O)N[C@@H]1CCS(=O)(=O)C1. The Labute approximate surface area is 153 Å². The summed E-state index contributed by atoms with van der Waals surface area (Å²) in [6.07, 6.45) is 2.08. The number of rotatable bonds is 7. The van der Waals surface area contributed by atoms with Crippen LogP contribution >= 0.6 is 23.1 Å². The van der Waals surface area contributed by atoms with Gasteiger partial charge in [-0.15, -0.1) is 10.2 Å². The van der Waals surface area contributed by atoms with E-state index in [0.717, 1.165) is 5.76 Å². The zero-order valence-corrected chi connectivity index (χ0v) is 15.9. The molecular formula is C14H18N4O4S3. The van der Waals surface area contributed by atoms with E-state index in [2.05, 4.69) is 20.8 Å². The van der Waals surface area contributed by atoms with Crippen LogP contribution in [0.4, 0.5) is 5.13 Å². The molecule has 2 aromatic heterocycles.